The van der Waals surface area contributed by atoms with Crippen molar-refractivity contribution in [3.63, 3.8) is 0 Å². The van der Waals surface area contributed by atoms with Gasteiger partial charge in [-0.1, -0.05) is 12.1 Å². The number of para-hydroxylation sites is 1. The van der Waals surface area contributed by atoms with Crippen LogP contribution >= 0.6 is 0 Å². The van der Waals surface area contributed by atoms with E-state index in [-0.39, 0.29) is 16.8 Å². The van der Waals surface area contributed by atoms with E-state index in [0.717, 1.165) is 4.68 Å². The van der Waals surface area contributed by atoms with Gasteiger partial charge >= 0.3 is 0 Å². The number of non-ortho nitro benzene ring substituents is 1. The van der Waals surface area contributed by atoms with Gasteiger partial charge in [0.15, 0.2) is 0 Å². The van der Waals surface area contributed by atoms with Crippen LogP contribution in [0.2, 0.25) is 0 Å². The van der Waals surface area contributed by atoms with Crippen LogP contribution in [0.15, 0.2) is 63.2 Å². The predicted octanol–water partition coefficient (Wildman–Crippen LogP) is 2.28. The van der Waals surface area contributed by atoms with Gasteiger partial charge in [-0.05, 0) is 38.1 Å². The van der Waals surface area contributed by atoms with Gasteiger partial charge in [0.25, 0.3) is 16.8 Å². The zero-order valence-electron chi connectivity index (χ0n) is 16.1. The highest BCUT2D eigenvalue weighted by Gasteiger charge is 2.13. The summed E-state index contributed by atoms with van der Waals surface area (Å²) >= 11 is 0. The zero-order chi connectivity index (χ0) is 21.4. The first-order chi connectivity index (χ1) is 14.4. The minimum absolute atomic E-state index is 0.0736. The van der Waals surface area contributed by atoms with E-state index in [2.05, 4.69) is 15.2 Å². The Labute approximate surface area is 168 Å². The van der Waals surface area contributed by atoms with Crippen molar-refractivity contribution in [2.45, 2.75) is 13.8 Å². The fraction of sp³-hybridized carbons (Fsp3) is 0.100. The molecule has 0 fully saturated rings. The predicted molar refractivity (Wildman–Crippen MR) is 112 cm³/mol. The molecule has 0 saturated heterocycles. The van der Waals surface area contributed by atoms with Gasteiger partial charge in [-0.15, -0.1) is 0 Å². The summed E-state index contributed by atoms with van der Waals surface area (Å²) in [6.45, 7) is 3.35. The third-order valence-corrected chi connectivity index (χ3v) is 4.65. The molecule has 0 aliphatic heterocycles. The SMILES string of the molecule is Cc1[nH]n(-c2ccc([N+](=O)[O-])cc2)c(=O)c1/C=N/n1c(C)nc2ccccc2c1=O. The second kappa shape index (κ2) is 7.24. The van der Waals surface area contributed by atoms with E-state index in [4.69, 9.17) is 0 Å². The fourth-order valence-corrected chi connectivity index (χ4v) is 3.10. The Morgan fingerprint density at radius 2 is 1.77 bits per heavy atom. The van der Waals surface area contributed by atoms with Crippen molar-refractivity contribution >= 4 is 22.8 Å². The third kappa shape index (κ3) is 3.20. The number of benzene rings is 2. The summed E-state index contributed by atoms with van der Waals surface area (Å²) in [6.07, 6.45) is 1.31. The molecule has 2 aromatic carbocycles. The average Bonchev–Trinajstić information content (AvgIpc) is 3.01. The van der Waals surface area contributed by atoms with Gasteiger partial charge in [0.2, 0.25) is 0 Å². The lowest BCUT2D eigenvalue weighted by atomic mass is 10.2. The molecular weight excluding hydrogens is 388 g/mol. The molecule has 0 radical (unpaired) electrons. The molecule has 10 nitrogen and oxygen atoms in total. The van der Waals surface area contributed by atoms with Crippen LogP contribution in [0, 0.1) is 24.0 Å². The number of rotatable bonds is 4. The summed E-state index contributed by atoms with van der Waals surface area (Å²) in [5, 5.41) is 18.3. The van der Waals surface area contributed by atoms with Crippen LogP contribution < -0.4 is 11.1 Å². The largest absolute Gasteiger partial charge is 0.295 e. The molecule has 0 amide bonds. The Morgan fingerprint density at radius 3 is 2.47 bits per heavy atom. The van der Waals surface area contributed by atoms with E-state index in [1.165, 1.54) is 35.2 Å². The average molecular weight is 404 g/mol. The number of nitrogens with zero attached hydrogens (tertiary/aromatic N) is 5. The van der Waals surface area contributed by atoms with Crippen molar-refractivity contribution in [2.24, 2.45) is 5.10 Å². The summed E-state index contributed by atoms with van der Waals surface area (Å²) < 4.78 is 2.40. The number of aromatic nitrogens is 4. The van der Waals surface area contributed by atoms with Crippen molar-refractivity contribution in [1.29, 1.82) is 0 Å². The second-order valence-electron chi connectivity index (χ2n) is 6.60. The third-order valence-electron chi connectivity index (χ3n) is 4.65. The van der Waals surface area contributed by atoms with Crippen LogP contribution in [0.3, 0.4) is 0 Å². The summed E-state index contributed by atoms with van der Waals surface area (Å²) in [4.78, 5) is 40.2. The second-order valence-corrected chi connectivity index (χ2v) is 6.60. The minimum atomic E-state index is -0.512. The summed E-state index contributed by atoms with van der Waals surface area (Å²) in [7, 11) is 0. The van der Waals surface area contributed by atoms with Crippen molar-refractivity contribution in [2.75, 3.05) is 0 Å². The summed E-state index contributed by atoms with van der Waals surface area (Å²) in [6, 6.07) is 12.5. The van der Waals surface area contributed by atoms with Gasteiger partial charge in [-0.2, -0.15) is 9.78 Å². The Hall–Kier alpha value is -4.34. The highest BCUT2D eigenvalue weighted by Crippen LogP contribution is 2.14. The maximum Gasteiger partial charge on any atom is 0.282 e. The lowest BCUT2D eigenvalue weighted by Crippen LogP contribution is -2.21. The smallest absolute Gasteiger partial charge is 0.282 e. The normalized spacial score (nSPS) is 11.4. The quantitative estimate of drug-likeness (QED) is 0.317. The van der Waals surface area contributed by atoms with E-state index in [1.54, 1.807) is 38.1 Å². The first-order valence-corrected chi connectivity index (χ1v) is 8.96. The molecule has 30 heavy (non-hydrogen) atoms. The Balaban J connectivity index is 1.76. The number of hydrogen-bond acceptors (Lipinski definition) is 6. The van der Waals surface area contributed by atoms with Gasteiger partial charge in [-0.3, -0.25) is 24.8 Å². The number of hydrogen-bond donors (Lipinski definition) is 1. The molecule has 10 heteroatoms. The molecule has 2 aromatic heterocycles. The van der Waals surface area contributed by atoms with Crippen LogP contribution in [0.25, 0.3) is 16.6 Å². The van der Waals surface area contributed by atoms with Crippen molar-refractivity contribution in [3.05, 3.63) is 96.4 Å². The number of nitro groups is 1. The van der Waals surface area contributed by atoms with E-state index < -0.39 is 10.5 Å². The van der Waals surface area contributed by atoms with Crippen LogP contribution in [0.1, 0.15) is 17.1 Å². The van der Waals surface area contributed by atoms with Gasteiger partial charge < -0.3 is 0 Å². The monoisotopic (exact) mass is 404 g/mol. The van der Waals surface area contributed by atoms with E-state index in [0.29, 0.717) is 28.1 Å². The molecule has 0 aliphatic rings. The number of aromatic amines is 1. The molecule has 0 atom stereocenters. The molecule has 0 aliphatic carbocycles. The van der Waals surface area contributed by atoms with Crippen LogP contribution in [0.4, 0.5) is 5.69 Å². The molecule has 0 spiro atoms. The number of H-pyrrole nitrogens is 1. The van der Waals surface area contributed by atoms with Gasteiger partial charge in [-0.25, -0.2) is 9.67 Å². The topological polar surface area (TPSA) is 128 Å². The summed E-state index contributed by atoms with van der Waals surface area (Å²) in [5.74, 6) is 0.388. The Morgan fingerprint density at radius 1 is 1.07 bits per heavy atom. The van der Waals surface area contributed by atoms with Gasteiger partial charge in [0.1, 0.15) is 5.82 Å². The lowest BCUT2D eigenvalue weighted by molar-refractivity contribution is -0.384. The van der Waals surface area contributed by atoms with Gasteiger partial charge in [0.05, 0.1) is 33.3 Å². The van der Waals surface area contributed by atoms with Crippen molar-refractivity contribution in [3.8, 4) is 5.69 Å². The van der Waals surface area contributed by atoms with E-state index in [1.807, 2.05) is 0 Å². The molecule has 0 unspecified atom stereocenters. The first-order valence-electron chi connectivity index (χ1n) is 8.96. The first kappa shape index (κ1) is 19.0. The highest BCUT2D eigenvalue weighted by atomic mass is 16.6. The molecule has 1 N–H and O–H groups in total. The van der Waals surface area contributed by atoms with E-state index in [9.17, 15) is 19.7 Å². The van der Waals surface area contributed by atoms with Crippen LogP contribution in [-0.4, -0.2) is 30.6 Å². The number of aryl methyl sites for hydroxylation is 2. The molecule has 4 rings (SSSR count). The molecule has 0 bridgehead atoms. The van der Waals surface area contributed by atoms with Crippen LogP contribution in [0.5, 0.6) is 0 Å². The minimum Gasteiger partial charge on any atom is -0.295 e. The van der Waals surface area contributed by atoms with Crippen molar-refractivity contribution in [1.82, 2.24) is 19.4 Å². The molecule has 4 aromatic rings. The number of nitro benzene ring substituents is 1. The zero-order valence-corrected chi connectivity index (χ0v) is 16.1. The number of fused-ring (bicyclic) bond motifs is 1. The maximum atomic E-state index is 12.8. The highest BCUT2D eigenvalue weighted by molar-refractivity contribution is 5.81. The van der Waals surface area contributed by atoms with Crippen LogP contribution in [-0.2, 0) is 0 Å². The number of nitrogens with one attached hydrogen (secondary N) is 1. The molecule has 150 valence electrons. The van der Waals surface area contributed by atoms with Gasteiger partial charge in [0, 0.05) is 17.8 Å². The van der Waals surface area contributed by atoms with E-state index >= 15 is 0 Å². The Kier molecular flexibility index (Phi) is 4.59. The molecular formula is C20H16N6O4. The summed E-state index contributed by atoms with van der Waals surface area (Å²) in [5.41, 5.74) is 0.992. The maximum absolute atomic E-state index is 12.8. The lowest BCUT2D eigenvalue weighted by Gasteiger charge is -2.04. The molecule has 2 heterocycles. The van der Waals surface area contributed by atoms with Crippen molar-refractivity contribution < 1.29 is 4.92 Å². The Bertz CT molecular complexity index is 1430. The fourth-order valence-electron chi connectivity index (χ4n) is 3.10. The molecule has 0 saturated carbocycles. The standard InChI is InChI=1S/C20H16N6O4/c1-12-17(20(28)25(23-12)14-7-9-15(10-8-14)26(29)30)11-21-24-13(2)22-18-6-4-3-5-16(18)19(24)27/h3-11,23H,1-2H3/b21-11+.